The van der Waals surface area contributed by atoms with Gasteiger partial charge >= 0.3 is 0 Å². The Morgan fingerprint density at radius 3 is 2.39 bits per heavy atom. The second-order valence-electron chi connectivity index (χ2n) is 5.92. The van der Waals surface area contributed by atoms with Crippen LogP contribution in [0.4, 0.5) is 0 Å². The maximum atomic E-state index is 6.56. The predicted octanol–water partition coefficient (Wildman–Crippen LogP) is 5.66. The SMILES string of the molecule is CC(C)CC1(C(N)c2cc(Cl)sc2Cl)CCCC1. The highest BCUT2D eigenvalue weighted by Crippen LogP contribution is 2.52. The Hall–Kier alpha value is 0.240. The fourth-order valence-electron chi connectivity index (χ4n) is 3.43. The van der Waals surface area contributed by atoms with Gasteiger partial charge in [0.15, 0.2) is 0 Å². The summed E-state index contributed by atoms with van der Waals surface area (Å²) in [7, 11) is 0. The molecule has 0 spiro atoms. The van der Waals surface area contributed by atoms with Crippen molar-refractivity contribution in [2.75, 3.05) is 0 Å². The van der Waals surface area contributed by atoms with E-state index < -0.39 is 0 Å². The summed E-state index contributed by atoms with van der Waals surface area (Å²) in [5.74, 6) is 0.669. The molecule has 1 atom stereocenters. The molecule has 4 heteroatoms. The van der Waals surface area contributed by atoms with E-state index in [0.29, 0.717) is 5.92 Å². The molecule has 102 valence electrons. The van der Waals surface area contributed by atoms with Gasteiger partial charge in [-0.1, -0.05) is 49.9 Å². The van der Waals surface area contributed by atoms with E-state index in [9.17, 15) is 0 Å². The summed E-state index contributed by atoms with van der Waals surface area (Å²) >= 11 is 13.7. The fraction of sp³-hybridized carbons (Fsp3) is 0.714. The topological polar surface area (TPSA) is 26.0 Å². The highest BCUT2D eigenvalue weighted by atomic mass is 35.5. The third-order valence-electron chi connectivity index (χ3n) is 4.09. The van der Waals surface area contributed by atoms with Crippen LogP contribution in [0, 0.1) is 11.3 Å². The van der Waals surface area contributed by atoms with Crippen molar-refractivity contribution in [3.05, 3.63) is 20.3 Å². The number of hydrogen-bond donors (Lipinski definition) is 1. The first-order chi connectivity index (χ1) is 8.44. The number of thiophene rings is 1. The van der Waals surface area contributed by atoms with Gasteiger partial charge in [-0.2, -0.15) is 0 Å². The first-order valence-electron chi connectivity index (χ1n) is 6.65. The lowest BCUT2D eigenvalue weighted by atomic mass is 9.71. The van der Waals surface area contributed by atoms with E-state index >= 15 is 0 Å². The molecule has 1 saturated carbocycles. The standard InChI is InChI=1S/C14H21Cl2NS/c1-9(2)8-14(5-3-4-6-14)12(17)10-7-11(15)18-13(10)16/h7,9,12H,3-6,8,17H2,1-2H3. The van der Waals surface area contributed by atoms with Crippen molar-refractivity contribution in [3.8, 4) is 0 Å². The van der Waals surface area contributed by atoms with Crippen molar-refractivity contribution in [1.82, 2.24) is 0 Å². The van der Waals surface area contributed by atoms with Crippen LogP contribution in [0.5, 0.6) is 0 Å². The molecular formula is C14H21Cl2NS. The zero-order valence-corrected chi connectivity index (χ0v) is 13.3. The fourth-order valence-corrected chi connectivity index (χ4v) is 4.98. The summed E-state index contributed by atoms with van der Waals surface area (Å²) < 4.78 is 1.51. The van der Waals surface area contributed by atoms with E-state index in [4.69, 9.17) is 28.9 Å². The van der Waals surface area contributed by atoms with Crippen LogP contribution in [0.2, 0.25) is 8.67 Å². The largest absolute Gasteiger partial charge is 0.323 e. The summed E-state index contributed by atoms with van der Waals surface area (Å²) in [6, 6.07) is 1.98. The number of rotatable bonds is 4. The molecule has 1 aromatic heterocycles. The third-order valence-corrected chi connectivity index (χ3v) is 5.61. The minimum atomic E-state index is 0.0265. The Balaban J connectivity index is 2.28. The van der Waals surface area contributed by atoms with E-state index in [1.165, 1.54) is 43.4 Å². The van der Waals surface area contributed by atoms with Gasteiger partial charge in [-0.15, -0.1) is 11.3 Å². The monoisotopic (exact) mass is 305 g/mol. The summed E-state index contributed by atoms with van der Waals surface area (Å²) in [5, 5.41) is 0. The normalized spacial score (nSPS) is 20.6. The number of halogens is 2. The van der Waals surface area contributed by atoms with Crippen molar-refractivity contribution in [3.63, 3.8) is 0 Å². The van der Waals surface area contributed by atoms with Crippen LogP contribution in [0.15, 0.2) is 6.07 Å². The Kier molecular flexibility index (Phi) is 4.64. The predicted molar refractivity (Wildman–Crippen MR) is 81.6 cm³/mol. The third kappa shape index (κ3) is 2.87. The number of hydrogen-bond acceptors (Lipinski definition) is 2. The van der Waals surface area contributed by atoms with Gasteiger partial charge in [0.2, 0.25) is 0 Å². The zero-order chi connectivity index (χ0) is 13.3. The molecule has 0 bridgehead atoms. The van der Waals surface area contributed by atoms with Gasteiger partial charge in [0, 0.05) is 11.6 Å². The van der Waals surface area contributed by atoms with E-state index in [0.717, 1.165) is 14.2 Å². The molecule has 1 aliphatic rings. The highest BCUT2D eigenvalue weighted by Gasteiger charge is 2.41. The zero-order valence-electron chi connectivity index (χ0n) is 11.0. The molecule has 1 heterocycles. The number of nitrogens with two attached hydrogens (primary N) is 1. The first-order valence-corrected chi connectivity index (χ1v) is 8.22. The van der Waals surface area contributed by atoms with Crippen LogP contribution in [0.1, 0.15) is 57.6 Å². The molecule has 0 aromatic carbocycles. The van der Waals surface area contributed by atoms with Crippen molar-refractivity contribution < 1.29 is 0 Å². The van der Waals surface area contributed by atoms with Gasteiger partial charge in [0.1, 0.15) is 0 Å². The summed E-state index contributed by atoms with van der Waals surface area (Å²) in [6.07, 6.45) is 6.19. The van der Waals surface area contributed by atoms with Crippen LogP contribution >= 0.6 is 34.5 Å². The second-order valence-corrected chi connectivity index (χ2v) is 8.21. The molecule has 1 aliphatic carbocycles. The molecule has 1 unspecified atom stereocenters. The molecule has 2 rings (SSSR count). The van der Waals surface area contributed by atoms with Crippen molar-refractivity contribution >= 4 is 34.5 Å². The van der Waals surface area contributed by atoms with Gasteiger partial charge in [-0.25, -0.2) is 0 Å². The molecular weight excluding hydrogens is 285 g/mol. The molecule has 0 radical (unpaired) electrons. The van der Waals surface area contributed by atoms with Crippen LogP contribution < -0.4 is 5.73 Å². The van der Waals surface area contributed by atoms with E-state index in [1.54, 1.807) is 0 Å². The van der Waals surface area contributed by atoms with Gasteiger partial charge in [0.25, 0.3) is 0 Å². The van der Waals surface area contributed by atoms with Crippen LogP contribution in [-0.2, 0) is 0 Å². The molecule has 1 nitrogen and oxygen atoms in total. The molecule has 2 N–H and O–H groups in total. The molecule has 0 saturated heterocycles. The summed E-state index contributed by atoms with van der Waals surface area (Å²) in [5.41, 5.74) is 7.84. The highest BCUT2D eigenvalue weighted by molar-refractivity contribution is 7.20. The average molecular weight is 306 g/mol. The van der Waals surface area contributed by atoms with E-state index in [2.05, 4.69) is 13.8 Å². The maximum absolute atomic E-state index is 6.56. The smallest absolute Gasteiger partial charge is 0.0992 e. The molecule has 1 fully saturated rings. The van der Waals surface area contributed by atoms with Crippen molar-refractivity contribution in [2.45, 2.75) is 52.0 Å². The lowest BCUT2D eigenvalue weighted by Crippen LogP contribution is -2.33. The Bertz CT molecular complexity index is 408. The van der Waals surface area contributed by atoms with Gasteiger partial charge in [-0.3, -0.25) is 0 Å². The second kappa shape index (κ2) is 5.70. The average Bonchev–Trinajstić information content (AvgIpc) is 2.84. The van der Waals surface area contributed by atoms with Gasteiger partial charge < -0.3 is 5.73 Å². The Morgan fingerprint density at radius 2 is 1.94 bits per heavy atom. The van der Waals surface area contributed by atoms with E-state index in [1.807, 2.05) is 6.07 Å². The van der Waals surface area contributed by atoms with Crippen LogP contribution in [0.25, 0.3) is 0 Å². The Labute approximate surface area is 124 Å². The van der Waals surface area contributed by atoms with Crippen LogP contribution in [0.3, 0.4) is 0 Å². The quantitative estimate of drug-likeness (QED) is 0.763. The molecule has 18 heavy (non-hydrogen) atoms. The van der Waals surface area contributed by atoms with Crippen molar-refractivity contribution in [2.24, 2.45) is 17.1 Å². The van der Waals surface area contributed by atoms with Gasteiger partial charge in [-0.05, 0) is 36.7 Å². The van der Waals surface area contributed by atoms with Crippen molar-refractivity contribution in [1.29, 1.82) is 0 Å². The summed E-state index contributed by atoms with van der Waals surface area (Å²) in [4.78, 5) is 0. The molecule has 0 aliphatic heterocycles. The van der Waals surface area contributed by atoms with Crippen LogP contribution in [-0.4, -0.2) is 0 Å². The Morgan fingerprint density at radius 1 is 1.33 bits per heavy atom. The minimum absolute atomic E-state index is 0.0265. The van der Waals surface area contributed by atoms with Gasteiger partial charge in [0.05, 0.1) is 8.67 Å². The van der Waals surface area contributed by atoms with E-state index in [-0.39, 0.29) is 11.5 Å². The first kappa shape index (κ1) is 14.6. The molecule has 0 amide bonds. The minimum Gasteiger partial charge on any atom is -0.323 e. The lowest BCUT2D eigenvalue weighted by molar-refractivity contribution is 0.184. The summed E-state index contributed by atoms with van der Waals surface area (Å²) in [6.45, 7) is 4.55. The maximum Gasteiger partial charge on any atom is 0.0992 e. The molecule has 1 aromatic rings. The lowest BCUT2D eigenvalue weighted by Gasteiger charge is -2.37.